The summed E-state index contributed by atoms with van der Waals surface area (Å²) in [6.45, 7) is 4.32. The summed E-state index contributed by atoms with van der Waals surface area (Å²) in [5.74, 6) is 0. The number of rotatable bonds is 6. The minimum atomic E-state index is -1.30. The van der Waals surface area contributed by atoms with Crippen LogP contribution in [0.3, 0.4) is 0 Å². The van der Waals surface area contributed by atoms with Crippen molar-refractivity contribution in [2.75, 3.05) is 0 Å². The van der Waals surface area contributed by atoms with Crippen molar-refractivity contribution in [1.82, 2.24) is 0 Å². The Balaban J connectivity index is 0.000000521. The molecule has 0 aliphatic carbocycles. The number of benzene rings is 2. The van der Waals surface area contributed by atoms with Gasteiger partial charge in [-0.2, -0.15) is 0 Å². The smallest absolute Gasteiger partial charge is 0.870 e. The summed E-state index contributed by atoms with van der Waals surface area (Å²) in [5, 5.41) is 19.1. The first kappa shape index (κ1) is 35.8. The Bertz CT molecular complexity index is 1090. The van der Waals surface area contributed by atoms with Gasteiger partial charge in [-0.3, -0.25) is 0 Å². The summed E-state index contributed by atoms with van der Waals surface area (Å²) in [7, 11) is -1.30. The van der Waals surface area contributed by atoms with Crippen molar-refractivity contribution in [3.05, 3.63) is 97.1 Å². The fraction of sp³-hybridized carbons (Fsp3) is 0.231. The van der Waals surface area contributed by atoms with Crippen molar-refractivity contribution in [3.63, 3.8) is 0 Å². The third-order valence-corrected chi connectivity index (χ3v) is 7.94. The molecule has 2 heterocycles. The molecule has 0 fully saturated rings. The molecule has 0 radical (unpaired) electrons. The van der Waals surface area contributed by atoms with Gasteiger partial charge in [-0.1, -0.05) is 84.0 Å². The Morgan fingerprint density at radius 1 is 0.722 bits per heavy atom. The Morgan fingerprint density at radius 2 is 1.19 bits per heavy atom. The van der Waals surface area contributed by atoms with Crippen molar-refractivity contribution >= 4 is 73.7 Å². The Kier molecular flexibility index (Phi) is 19.8. The molecule has 3 N–H and O–H groups in total. The van der Waals surface area contributed by atoms with Gasteiger partial charge in [-0.25, -0.2) is 0 Å². The fourth-order valence-corrected chi connectivity index (χ4v) is 5.49. The molecule has 36 heavy (non-hydrogen) atoms. The largest absolute Gasteiger partial charge is 1.00 e. The zero-order chi connectivity index (χ0) is 24.9. The van der Waals surface area contributed by atoms with Crippen LogP contribution < -0.4 is 34.3 Å². The molecule has 188 valence electrons. The second kappa shape index (κ2) is 19.8. The summed E-state index contributed by atoms with van der Waals surface area (Å²) < 4.78 is 1.69. The van der Waals surface area contributed by atoms with Crippen LogP contribution in [0.4, 0.5) is 0 Å². The minimum Gasteiger partial charge on any atom is -0.870 e. The van der Waals surface area contributed by atoms with E-state index in [4.69, 9.17) is 33.2 Å². The van der Waals surface area contributed by atoms with Crippen molar-refractivity contribution in [2.45, 2.75) is 39.5 Å². The van der Waals surface area contributed by atoms with E-state index in [9.17, 15) is 0 Å². The first-order valence-electron chi connectivity index (χ1n) is 11.0. The summed E-state index contributed by atoms with van der Waals surface area (Å²) in [6.07, 6.45) is 4.51. The molecule has 0 saturated carbocycles. The molecule has 0 bridgehead atoms. The molecule has 0 amide bonds. The third-order valence-electron chi connectivity index (χ3n) is 4.52. The number of hydrogen-bond donors (Lipinski definition) is 2. The van der Waals surface area contributed by atoms with Crippen LogP contribution in [-0.2, 0) is 12.8 Å². The SMILES string of the molecule is CCCc1ccc(-c2ccc(Cl)cc2)s1.CCCc1ccc(B(O)O)s1.Clc1ccc(Br)cc1.[Na+].[OH-]. The molecule has 0 aliphatic heterocycles. The Labute approximate surface area is 263 Å². The molecular formula is C26H29BBrCl2NaO3S2. The maximum atomic E-state index is 8.77. The van der Waals surface area contributed by atoms with Crippen molar-refractivity contribution in [2.24, 2.45) is 0 Å². The van der Waals surface area contributed by atoms with Gasteiger partial charge in [-0.05, 0) is 73.0 Å². The average Bonchev–Trinajstić information content (AvgIpc) is 3.48. The molecular weight excluding hydrogens is 609 g/mol. The van der Waals surface area contributed by atoms with Gasteiger partial charge in [0.2, 0.25) is 0 Å². The van der Waals surface area contributed by atoms with Crippen LogP contribution in [0.5, 0.6) is 0 Å². The quantitative estimate of drug-likeness (QED) is 0.281. The van der Waals surface area contributed by atoms with Crippen LogP contribution in [0.15, 0.2) is 77.3 Å². The molecule has 2 aromatic heterocycles. The van der Waals surface area contributed by atoms with E-state index in [1.807, 2.05) is 53.8 Å². The topological polar surface area (TPSA) is 70.5 Å². The van der Waals surface area contributed by atoms with E-state index in [1.165, 1.54) is 44.4 Å². The van der Waals surface area contributed by atoms with E-state index in [0.29, 0.717) is 4.78 Å². The predicted octanol–water partition coefficient (Wildman–Crippen LogP) is 5.33. The molecule has 4 aromatic rings. The van der Waals surface area contributed by atoms with Crippen LogP contribution >= 0.6 is 61.8 Å². The van der Waals surface area contributed by atoms with Gasteiger partial charge in [0, 0.05) is 33.9 Å². The van der Waals surface area contributed by atoms with E-state index in [0.717, 1.165) is 27.4 Å². The van der Waals surface area contributed by atoms with Gasteiger partial charge in [-0.15, -0.1) is 22.7 Å². The molecule has 10 heteroatoms. The van der Waals surface area contributed by atoms with Crippen molar-refractivity contribution < 1.29 is 45.1 Å². The van der Waals surface area contributed by atoms with Gasteiger partial charge in [0.1, 0.15) is 0 Å². The maximum absolute atomic E-state index is 8.77. The Morgan fingerprint density at radius 3 is 1.64 bits per heavy atom. The van der Waals surface area contributed by atoms with Crippen LogP contribution in [0.25, 0.3) is 10.4 Å². The third kappa shape index (κ3) is 13.6. The van der Waals surface area contributed by atoms with Gasteiger partial charge < -0.3 is 15.5 Å². The summed E-state index contributed by atoms with van der Waals surface area (Å²) in [6, 6.07) is 23.6. The summed E-state index contributed by atoms with van der Waals surface area (Å²) in [5.41, 5.74) is 1.26. The number of halogens is 3. The first-order valence-corrected chi connectivity index (χ1v) is 14.2. The second-order valence-corrected chi connectivity index (χ2v) is 11.5. The van der Waals surface area contributed by atoms with Gasteiger partial charge >= 0.3 is 36.7 Å². The second-order valence-electron chi connectivity index (χ2n) is 7.39. The molecule has 0 spiro atoms. The predicted molar refractivity (Wildman–Crippen MR) is 158 cm³/mol. The number of thiophene rings is 2. The van der Waals surface area contributed by atoms with Crippen LogP contribution in [-0.4, -0.2) is 22.6 Å². The molecule has 0 atom stereocenters. The van der Waals surface area contributed by atoms with Crippen LogP contribution in [0.1, 0.15) is 36.4 Å². The molecule has 3 nitrogen and oxygen atoms in total. The molecule has 0 saturated heterocycles. The van der Waals surface area contributed by atoms with Crippen LogP contribution in [0.2, 0.25) is 10.0 Å². The minimum absolute atomic E-state index is 0. The average molecular weight is 638 g/mol. The van der Waals surface area contributed by atoms with E-state index in [-0.39, 0.29) is 35.0 Å². The van der Waals surface area contributed by atoms with Crippen molar-refractivity contribution in [3.8, 4) is 10.4 Å². The molecule has 2 aromatic carbocycles. The van der Waals surface area contributed by atoms with Crippen LogP contribution in [0, 0.1) is 0 Å². The monoisotopic (exact) mass is 636 g/mol. The zero-order valence-electron chi connectivity index (χ0n) is 20.6. The number of aryl methyl sites for hydroxylation is 2. The van der Waals surface area contributed by atoms with Gasteiger partial charge in [0.05, 0.1) is 0 Å². The van der Waals surface area contributed by atoms with E-state index < -0.39 is 7.12 Å². The van der Waals surface area contributed by atoms with Gasteiger partial charge in [0.25, 0.3) is 0 Å². The molecule has 0 aliphatic rings. The molecule has 4 rings (SSSR count). The normalized spacial score (nSPS) is 9.53. The summed E-state index contributed by atoms with van der Waals surface area (Å²) >= 11 is 18.1. The van der Waals surface area contributed by atoms with E-state index in [2.05, 4.69) is 54.0 Å². The zero-order valence-corrected chi connectivity index (χ0v) is 27.4. The Hall–Kier alpha value is -0.155. The number of hydrogen-bond acceptors (Lipinski definition) is 5. The van der Waals surface area contributed by atoms with Crippen molar-refractivity contribution in [1.29, 1.82) is 0 Å². The molecule has 0 unspecified atom stereocenters. The summed E-state index contributed by atoms with van der Waals surface area (Å²) in [4.78, 5) is 4.01. The fourth-order valence-electron chi connectivity index (χ4n) is 2.87. The maximum Gasteiger partial charge on any atom is 1.00 e. The standard InChI is InChI=1S/C13H13ClS.C7H11BO2S.C6H4BrCl.Na.H2O/c1-2-3-12-8-9-13(15-12)10-4-6-11(14)7-5-10;1-2-3-6-4-5-7(11-6)8(9)10;7-5-1-3-6(8)4-2-5;;/h4-9H,2-3H2,1H3;4-5,9-10H,2-3H2,1H3;1-4H;;1H2/q;;;+1;/p-1. The van der Waals surface area contributed by atoms with Gasteiger partial charge in [0.15, 0.2) is 0 Å². The van der Waals surface area contributed by atoms with E-state index >= 15 is 0 Å². The first-order chi connectivity index (χ1) is 16.3. The van der Waals surface area contributed by atoms with E-state index in [1.54, 1.807) is 6.07 Å².